The summed E-state index contributed by atoms with van der Waals surface area (Å²) in [6.07, 6.45) is 0. The van der Waals surface area contributed by atoms with Gasteiger partial charge in [0.05, 0.1) is 5.38 Å². The van der Waals surface area contributed by atoms with Crippen LogP contribution in [-0.4, -0.2) is 0 Å². The van der Waals surface area contributed by atoms with Gasteiger partial charge in [-0.25, -0.2) is 4.39 Å². The third kappa shape index (κ3) is 2.89. The molecule has 0 aliphatic carbocycles. The van der Waals surface area contributed by atoms with Crippen LogP contribution in [0, 0.1) is 19.7 Å². The van der Waals surface area contributed by atoms with Crippen molar-refractivity contribution in [2.24, 2.45) is 0 Å². The second-order valence-corrected chi connectivity index (χ2v) is 5.70. The molecule has 0 heterocycles. The Hall–Kier alpha value is -0.760. The molecule has 19 heavy (non-hydrogen) atoms. The molecule has 1 atom stereocenters. The van der Waals surface area contributed by atoms with Gasteiger partial charge in [-0.05, 0) is 54.8 Å². The van der Waals surface area contributed by atoms with Crippen LogP contribution in [0.4, 0.5) is 4.39 Å². The highest BCUT2D eigenvalue weighted by Gasteiger charge is 2.21. The van der Waals surface area contributed by atoms with Gasteiger partial charge in [-0.3, -0.25) is 0 Å². The van der Waals surface area contributed by atoms with Crippen molar-refractivity contribution in [3.63, 3.8) is 0 Å². The van der Waals surface area contributed by atoms with Gasteiger partial charge in [-0.2, -0.15) is 0 Å². The van der Waals surface area contributed by atoms with Crippen LogP contribution in [0.1, 0.15) is 27.6 Å². The van der Waals surface area contributed by atoms with Crippen LogP contribution in [0.3, 0.4) is 0 Å². The summed E-state index contributed by atoms with van der Waals surface area (Å²) in [5.41, 5.74) is 3.07. The second-order valence-electron chi connectivity index (χ2n) is 4.45. The molecule has 2 rings (SSSR count). The Balaban J connectivity index is 2.60. The first-order valence-electron chi connectivity index (χ1n) is 5.76. The molecule has 2 aromatic carbocycles. The Labute approximate surface area is 127 Å². The fourth-order valence-electron chi connectivity index (χ4n) is 2.22. The summed E-state index contributed by atoms with van der Waals surface area (Å²) in [6, 6.07) is 8.17. The van der Waals surface area contributed by atoms with Crippen molar-refractivity contribution in [2.45, 2.75) is 19.2 Å². The molecule has 0 radical (unpaired) electrons. The molecule has 0 N–H and O–H groups in total. The van der Waals surface area contributed by atoms with Crippen molar-refractivity contribution in [2.75, 3.05) is 0 Å². The summed E-state index contributed by atoms with van der Waals surface area (Å²) in [6.45, 7) is 3.65. The summed E-state index contributed by atoms with van der Waals surface area (Å²) >= 11 is 18.8. The van der Waals surface area contributed by atoms with Crippen LogP contribution in [0.15, 0.2) is 30.3 Å². The monoisotopic (exact) mass is 316 g/mol. The Morgan fingerprint density at radius 3 is 1.89 bits per heavy atom. The van der Waals surface area contributed by atoms with E-state index < -0.39 is 5.38 Å². The Morgan fingerprint density at radius 1 is 0.947 bits per heavy atom. The first-order chi connectivity index (χ1) is 8.91. The molecule has 0 fully saturated rings. The van der Waals surface area contributed by atoms with E-state index in [9.17, 15) is 4.39 Å². The van der Waals surface area contributed by atoms with E-state index in [1.54, 1.807) is 18.2 Å². The van der Waals surface area contributed by atoms with Gasteiger partial charge in [0.15, 0.2) is 0 Å². The van der Waals surface area contributed by atoms with Crippen LogP contribution in [0.5, 0.6) is 0 Å². The number of hydrogen-bond acceptors (Lipinski definition) is 0. The van der Waals surface area contributed by atoms with E-state index in [0.29, 0.717) is 15.6 Å². The van der Waals surface area contributed by atoms with Crippen molar-refractivity contribution in [1.29, 1.82) is 0 Å². The first-order valence-corrected chi connectivity index (χ1v) is 6.95. The van der Waals surface area contributed by atoms with Crippen molar-refractivity contribution >= 4 is 34.8 Å². The maximum absolute atomic E-state index is 13.3. The molecule has 0 amide bonds. The lowest BCUT2D eigenvalue weighted by Gasteiger charge is -2.18. The third-order valence-corrected chi connectivity index (χ3v) is 4.16. The minimum atomic E-state index is -0.498. The third-order valence-electron chi connectivity index (χ3n) is 3.07. The standard InChI is InChI=1S/C15H12Cl3F/c1-8-6-10(19)7-9(2)13(8)15(18)14-11(16)4-3-5-12(14)17/h3-7,15H,1-2H3. The van der Waals surface area contributed by atoms with Gasteiger partial charge in [-0.1, -0.05) is 29.3 Å². The first kappa shape index (κ1) is 14.6. The van der Waals surface area contributed by atoms with Gasteiger partial charge < -0.3 is 0 Å². The zero-order chi connectivity index (χ0) is 14.2. The van der Waals surface area contributed by atoms with Crippen molar-refractivity contribution in [3.05, 3.63) is 68.4 Å². The summed E-state index contributed by atoms with van der Waals surface area (Å²) < 4.78 is 13.3. The van der Waals surface area contributed by atoms with Gasteiger partial charge in [0, 0.05) is 15.6 Å². The molecule has 100 valence electrons. The lowest BCUT2D eigenvalue weighted by molar-refractivity contribution is 0.624. The molecule has 0 aliphatic heterocycles. The minimum absolute atomic E-state index is 0.270. The van der Waals surface area contributed by atoms with Gasteiger partial charge in [0.2, 0.25) is 0 Å². The van der Waals surface area contributed by atoms with Crippen LogP contribution in [0.25, 0.3) is 0 Å². The Bertz CT molecular complexity index is 580. The number of hydrogen-bond donors (Lipinski definition) is 0. The highest BCUT2D eigenvalue weighted by Crippen LogP contribution is 2.40. The molecule has 0 saturated heterocycles. The summed E-state index contributed by atoms with van der Waals surface area (Å²) in [5, 5.41) is 0.521. The summed E-state index contributed by atoms with van der Waals surface area (Å²) in [7, 11) is 0. The number of alkyl halides is 1. The zero-order valence-corrected chi connectivity index (χ0v) is 12.7. The van der Waals surface area contributed by atoms with E-state index >= 15 is 0 Å². The minimum Gasteiger partial charge on any atom is -0.207 e. The average molecular weight is 318 g/mol. The van der Waals surface area contributed by atoms with E-state index in [4.69, 9.17) is 34.8 Å². The summed E-state index contributed by atoms with van der Waals surface area (Å²) in [5.74, 6) is -0.270. The van der Waals surface area contributed by atoms with E-state index in [0.717, 1.165) is 16.7 Å². The molecule has 0 bridgehead atoms. The molecule has 1 unspecified atom stereocenters. The van der Waals surface area contributed by atoms with Crippen LogP contribution >= 0.6 is 34.8 Å². The zero-order valence-electron chi connectivity index (χ0n) is 10.5. The molecular formula is C15H12Cl3F. The number of benzene rings is 2. The van der Waals surface area contributed by atoms with Gasteiger partial charge in [0.25, 0.3) is 0 Å². The van der Waals surface area contributed by atoms with E-state index in [1.165, 1.54) is 12.1 Å². The van der Waals surface area contributed by atoms with Crippen LogP contribution in [0.2, 0.25) is 10.0 Å². The van der Waals surface area contributed by atoms with Crippen LogP contribution < -0.4 is 0 Å². The van der Waals surface area contributed by atoms with Gasteiger partial charge in [-0.15, -0.1) is 11.6 Å². The Kier molecular flexibility index (Phi) is 4.39. The Morgan fingerprint density at radius 2 is 1.42 bits per heavy atom. The van der Waals surface area contributed by atoms with Crippen molar-refractivity contribution in [3.8, 4) is 0 Å². The molecule has 0 nitrogen and oxygen atoms in total. The predicted molar refractivity (Wildman–Crippen MR) is 80.0 cm³/mol. The fraction of sp³-hybridized carbons (Fsp3) is 0.200. The topological polar surface area (TPSA) is 0 Å². The number of halogens is 4. The number of aryl methyl sites for hydroxylation is 2. The smallest absolute Gasteiger partial charge is 0.123 e. The van der Waals surface area contributed by atoms with Crippen molar-refractivity contribution < 1.29 is 4.39 Å². The van der Waals surface area contributed by atoms with E-state index in [-0.39, 0.29) is 5.82 Å². The molecular weight excluding hydrogens is 306 g/mol. The molecule has 4 heteroatoms. The van der Waals surface area contributed by atoms with Crippen LogP contribution in [-0.2, 0) is 0 Å². The highest BCUT2D eigenvalue weighted by molar-refractivity contribution is 6.38. The largest absolute Gasteiger partial charge is 0.207 e. The van der Waals surface area contributed by atoms with E-state index in [2.05, 4.69) is 0 Å². The lowest BCUT2D eigenvalue weighted by Crippen LogP contribution is -2.02. The SMILES string of the molecule is Cc1cc(F)cc(C)c1C(Cl)c1c(Cl)cccc1Cl. The highest BCUT2D eigenvalue weighted by atomic mass is 35.5. The maximum atomic E-state index is 13.3. The fourth-order valence-corrected chi connectivity index (χ4v) is 3.53. The van der Waals surface area contributed by atoms with Crippen molar-refractivity contribution in [1.82, 2.24) is 0 Å². The molecule has 0 aliphatic rings. The number of rotatable bonds is 2. The second kappa shape index (κ2) is 5.70. The molecule has 0 saturated carbocycles. The lowest BCUT2D eigenvalue weighted by atomic mass is 9.95. The normalized spacial score (nSPS) is 12.5. The van der Waals surface area contributed by atoms with Gasteiger partial charge >= 0.3 is 0 Å². The van der Waals surface area contributed by atoms with Gasteiger partial charge in [0.1, 0.15) is 5.82 Å². The van der Waals surface area contributed by atoms with E-state index in [1.807, 2.05) is 13.8 Å². The quantitative estimate of drug-likeness (QED) is 0.589. The predicted octanol–water partition coefficient (Wildman–Crippen LogP) is 6.08. The maximum Gasteiger partial charge on any atom is 0.123 e. The molecule has 0 aromatic heterocycles. The average Bonchev–Trinajstić information content (AvgIpc) is 2.26. The molecule has 0 spiro atoms. The summed E-state index contributed by atoms with van der Waals surface area (Å²) in [4.78, 5) is 0. The molecule has 2 aromatic rings.